The van der Waals surface area contributed by atoms with Crippen LogP contribution in [0.25, 0.3) is 10.9 Å². The Morgan fingerprint density at radius 3 is 1.97 bits per heavy atom. The molecule has 1 saturated carbocycles. The highest BCUT2D eigenvalue weighted by atomic mass is 33.1. The van der Waals surface area contributed by atoms with E-state index in [0.29, 0.717) is 105 Å². The molecule has 51 heteroatoms. The molecular weight excluding hydrogens is 1960 g/mol. The minimum absolute atomic E-state index is 0.0190. The molecule has 2 saturated heterocycles. The van der Waals surface area contributed by atoms with Gasteiger partial charge in [0, 0.05) is 132 Å². The summed E-state index contributed by atoms with van der Waals surface area (Å²) >= 11 is 0. The van der Waals surface area contributed by atoms with E-state index in [-0.39, 0.29) is 48.3 Å². The molecule has 26 atom stereocenters. The molecule has 2 unspecified atom stereocenters. The number of likely N-dealkylation sites (N-methyl/N-ethyl adjacent to an activating group) is 1. The highest BCUT2D eigenvalue weighted by molar-refractivity contribution is 8.76. The third kappa shape index (κ3) is 24.9. The average molecular weight is 2090 g/mol. The van der Waals surface area contributed by atoms with Crippen molar-refractivity contribution in [1.82, 2.24) is 56.9 Å². The van der Waals surface area contributed by atoms with E-state index in [0.717, 1.165) is 47.3 Å². The van der Waals surface area contributed by atoms with Crippen molar-refractivity contribution in [1.29, 1.82) is 0 Å². The molecular formula is C95H131N15O34S2. The van der Waals surface area contributed by atoms with Crippen LogP contribution in [0.5, 0.6) is 5.75 Å². The Labute approximate surface area is 845 Å². The second kappa shape index (κ2) is 50.5. The Kier molecular flexibility index (Phi) is 40.3. The summed E-state index contributed by atoms with van der Waals surface area (Å²) in [5.41, 5.74) is 9.03. The number of Topliss-reactive ketones (excluding diaryl/α,β-unsaturated/α-hetero) is 3. The topological polar surface area (TPSA) is 784 Å². The number of anilines is 3. The molecule has 0 radical (unpaired) electrons. The predicted molar refractivity (Wildman–Crippen MR) is 518 cm³/mol. The van der Waals surface area contributed by atoms with Crippen LogP contribution in [-0.4, -0.2) is 389 Å². The van der Waals surface area contributed by atoms with Gasteiger partial charge in [-0.1, -0.05) is 79.6 Å². The number of benzene rings is 3. The maximum absolute atomic E-state index is 15.4. The lowest BCUT2D eigenvalue weighted by atomic mass is 9.47. The molecule has 8 heterocycles. The molecule has 49 nitrogen and oxygen atoms in total. The van der Waals surface area contributed by atoms with E-state index in [1.54, 1.807) is 28.7 Å². The van der Waals surface area contributed by atoms with Gasteiger partial charge in [0.2, 0.25) is 11.8 Å². The lowest BCUT2D eigenvalue weighted by molar-refractivity contribution is -0.204. The molecule has 3 aromatic carbocycles. The first-order chi connectivity index (χ1) is 69.2. The van der Waals surface area contributed by atoms with Gasteiger partial charge in [-0.05, 0) is 112 Å². The first-order valence-corrected chi connectivity index (χ1v) is 50.0. The lowest BCUT2D eigenvalue weighted by Crippen LogP contribution is -2.82. The van der Waals surface area contributed by atoms with E-state index in [1.165, 1.54) is 37.6 Å². The van der Waals surface area contributed by atoms with E-state index in [9.17, 15) is 140 Å². The van der Waals surface area contributed by atoms with Gasteiger partial charge in [-0.25, -0.2) is 25.0 Å². The fraction of sp³-hybridized carbons (Fsp3) is 0.589. The number of para-hydroxylation sites is 1. The van der Waals surface area contributed by atoms with E-state index in [1.807, 2.05) is 74.5 Å². The number of esters is 1. The zero-order valence-corrected chi connectivity index (χ0v) is 83.1. The number of rotatable bonds is 45. The van der Waals surface area contributed by atoms with Crippen LogP contribution >= 0.6 is 21.6 Å². The number of nitrogens with one attached hydrogen (secondary N) is 9. The Balaban J connectivity index is 0.000000295. The van der Waals surface area contributed by atoms with Crippen LogP contribution < -0.4 is 58.1 Å². The van der Waals surface area contributed by atoms with Crippen LogP contribution in [0.2, 0.25) is 0 Å². The smallest absolute Gasteiger partial charge is 0.426 e. The first-order valence-electron chi connectivity index (χ1n) is 47.5. The van der Waals surface area contributed by atoms with E-state index >= 15 is 4.79 Å². The molecule has 12 rings (SSSR count). The number of aromatic amines is 1. The number of nitrogens with two attached hydrogens (primary N) is 1. The maximum Gasteiger partial charge on any atom is 0.426 e. The predicted octanol–water partition coefficient (Wildman–Crippen LogP) is -4.68. The summed E-state index contributed by atoms with van der Waals surface area (Å²) in [6.07, 6.45) is -20.6. The number of amides is 6. The van der Waals surface area contributed by atoms with Crippen LogP contribution in [-0.2, 0) is 86.0 Å². The molecule has 802 valence electrons. The van der Waals surface area contributed by atoms with Gasteiger partial charge in [-0.3, -0.25) is 68.9 Å². The monoisotopic (exact) mass is 2090 g/mol. The van der Waals surface area contributed by atoms with Gasteiger partial charge in [0.05, 0.1) is 100 Å². The summed E-state index contributed by atoms with van der Waals surface area (Å²) in [5, 5.41) is 195. The fourth-order valence-electron chi connectivity index (χ4n) is 21.2. The van der Waals surface area contributed by atoms with Crippen LogP contribution in [0, 0.1) is 29.1 Å². The summed E-state index contributed by atoms with van der Waals surface area (Å²) < 4.78 is 17.7. The lowest BCUT2D eigenvalue weighted by Gasteiger charge is -2.63. The molecule has 2 bridgehead atoms. The number of aliphatic hydroxyl groups is 15. The number of carbonyl (C=O) groups is 12. The third-order valence-corrected chi connectivity index (χ3v) is 31.0. The highest BCUT2D eigenvalue weighted by Gasteiger charge is 2.79. The summed E-state index contributed by atoms with van der Waals surface area (Å²) in [6, 6.07) is 10.4. The molecule has 6 amide bonds. The van der Waals surface area contributed by atoms with Crippen molar-refractivity contribution in [2.24, 2.45) is 34.8 Å². The number of fused-ring (bicyclic) bond motifs is 7. The fourth-order valence-corrected chi connectivity index (χ4v) is 22.7. The van der Waals surface area contributed by atoms with E-state index in [2.05, 4.69) is 74.3 Å². The number of aliphatic carboxylic acids is 2. The van der Waals surface area contributed by atoms with Crippen molar-refractivity contribution in [3.8, 4) is 5.75 Å². The largest absolute Gasteiger partial charge is 0.496 e. The van der Waals surface area contributed by atoms with Gasteiger partial charge < -0.3 is 143 Å². The Bertz CT molecular complexity index is 5570. The quantitative estimate of drug-likeness (QED) is 0.00573. The summed E-state index contributed by atoms with van der Waals surface area (Å²) in [6.45, 7) is 7.77. The normalized spacial score (nSPS) is 25.6. The number of ketones is 3. The number of piperidine rings is 1. The van der Waals surface area contributed by atoms with Crippen molar-refractivity contribution >= 4 is 127 Å². The number of nitrogens with zero attached hydrogens (tertiary/aromatic N) is 5. The summed E-state index contributed by atoms with van der Waals surface area (Å²) in [4.78, 5) is 195. The number of H-pyrrole nitrogens is 1. The molecule has 7 aliphatic rings. The molecule has 28 N–H and O–H groups in total. The van der Waals surface area contributed by atoms with Gasteiger partial charge in [-0.15, -0.1) is 0 Å². The van der Waals surface area contributed by atoms with Gasteiger partial charge in [0.1, 0.15) is 84.5 Å². The molecule has 6 aliphatic heterocycles. The minimum Gasteiger partial charge on any atom is -0.496 e. The zero-order valence-electron chi connectivity index (χ0n) is 81.5. The second-order valence-corrected chi connectivity index (χ2v) is 40.5. The molecule has 2 aromatic heterocycles. The number of ether oxygens (including phenoxy) is 3. The van der Waals surface area contributed by atoms with Crippen molar-refractivity contribution in [3.63, 3.8) is 0 Å². The van der Waals surface area contributed by atoms with Crippen molar-refractivity contribution in [2.75, 3.05) is 107 Å². The number of carboxylic acid groups (broad SMARTS) is 2. The molecule has 146 heavy (non-hydrogen) atoms. The number of hydrogen-bond acceptors (Lipinski definition) is 42. The van der Waals surface area contributed by atoms with Crippen molar-refractivity contribution < 1.29 is 168 Å². The highest BCUT2D eigenvalue weighted by Crippen LogP contribution is 2.68. The first kappa shape index (κ1) is 117. The van der Waals surface area contributed by atoms with Crippen molar-refractivity contribution in [2.45, 2.75) is 231 Å². The number of hydrogen-bond donors (Lipinski definition) is 27. The zero-order chi connectivity index (χ0) is 108. The Morgan fingerprint density at radius 2 is 1.36 bits per heavy atom. The number of methoxy groups -OCH3 is 2. The van der Waals surface area contributed by atoms with Crippen LogP contribution in [0.3, 0.4) is 0 Å². The second-order valence-electron chi connectivity index (χ2n) is 37.6. The SMILES string of the molecule is CCSSCCOC(=O)NNC(=O)[C@@]1(O)[C@H](O)[C@]2(CC)C=CCN3CC[C@@]4(c5cc([C@@]6(C(=O)OC)C[C@@H]7CN(CCc8c6[nH]c6ccccc86)C[C@](O)(CC)C7)c(OC)cc5N(C)[C@@H]14)[C@@H]32.C[C@H](CC(=O)[C@@H](NC(=O)[C@@H](CC(=O)[C@H](C)NC(=O)[C@@H](CC(=O)CC[C@H](NC(=O)c1ccc(NCc2cnc3c(n2)C(=O)NC(N)N3)cc1)C(=O)O)[C@@H](O)[C@H](O)[C@H](O)CO)[C@@H](O)[C@H](O)[C@H](O)CO)[C@@H](O)[C@H](O)[C@H](O)CO)C(=O)O.O=C=O. The molecule has 1 spiro atoms. The van der Waals surface area contributed by atoms with Crippen LogP contribution in [0.4, 0.5) is 22.0 Å². The number of hydrazine groups is 1. The van der Waals surface area contributed by atoms with Gasteiger partial charge in [0.15, 0.2) is 35.0 Å². The number of carbonyl (C=O) groups excluding carboxylic acids is 12. The minimum atomic E-state index is -2.55. The molecule has 1 aliphatic carbocycles. The van der Waals surface area contributed by atoms with Gasteiger partial charge in [0.25, 0.3) is 17.7 Å². The van der Waals surface area contributed by atoms with Crippen LogP contribution in [0.1, 0.15) is 148 Å². The number of aromatic nitrogens is 3. The molecule has 3 fully saturated rings. The summed E-state index contributed by atoms with van der Waals surface area (Å²) in [7, 11) is 8.05. The van der Waals surface area contributed by atoms with Crippen LogP contribution in [0.15, 0.2) is 79.0 Å². The van der Waals surface area contributed by atoms with Gasteiger partial charge in [-0.2, -0.15) is 9.59 Å². The van der Waals surface area contributed by atoms with E-state index in [4.69, 9.17) is 29.5 Å². The Hall–Kier alpha value is -11.4. The number of carboxylic acids is 2. The Morgan fingerprint density at radius 1 is 0.726 bits per heavy atom. The standard InChI is InChI=1S/C48H64N6O9S2.C46H67N9O23.CO2/c1-7-44(59)25-29-26-47(42(57)62-6,37-31(15-19-53(27-29)28-44)30-13-10-11-14-34(30)49-37)33-23-32-35(24-36(33)61-5)52(4)39-46(32)17-20-54-18-12-16-45(8-2,38(46)54)40(55)48(39,60)41(56)50-51-43(58)63-21-22-65-64-9-3;1-17(44(75)76)9-27(61)31(38(70)37(69)30(64)16-58)53-42(73)24(34(66)36(68)29(63)15-57)11-26(60)18(2)50-41(72)23(33(65)35(67)28(62)14-56)10-22(59)7-8-25(45(77)78)52-40(71)19-3-5-20(6-4-19)48-12-21-13-49-39-32(51-21)43(74)55-46(47)54-39;2-1-3/h10-14,16,23-24,29,38-40,49,55,59-60H,7-9,15,17-22,25-28H2,1-6H3,(H,50,56)(H,51,58);3-6,13,17-18,23-25,28-31,33-38,46,48,56-58,62-70H,7-12,14-16,47H2,1-2H3,(H,49,54)(H,50,72)(H,52,71)(H,53,73)(H,55,74)(H,75,76)(H,77,78);/t29-,38+,39-,40-,44+,45-,46-,47+,48+;17-,18+,23+,24+,25+,28-,29-,30-,31-,33-,34-,35-,36-,37-,38-,46?;/m11./s1. The third-order valence-electron chi connectivity index (χ3n) is 28.6. The molecule has 5 aromatic rings. The summed E-state index contributed by atoms with van der Waals surface area (Å²) in [5.74, 6) is -16.6. The van der Waals surface area contributed by atoms with Crippen molar-refractivity contribution in [3.05, 3.63) is 118 Å². The maximum atomic E-state index is 15.4. The number of aliphatic hydroxyl groups excluding tert-OH is 13. The average Bonchev–Trinajstić information content (AvgIpc) is 1.47. The van der Waals surface area contributed by atoms with E-state index < -0.39 is 260 Å². The van der Waals surface area contributed by atoms with Gasteiger partial charge >= 0.3 is 30.2 Å².